The topological polar surface area (TPSA) is 61.8 Å². The molecule has 162 valence electrons. The van der Waals surface area contributed by atoms with Gasteiger partial charge in [0, 0.05) is 0 Å². The van der Waals surface area contributed by atoms with E-state index in [1.165, 1.54) is 25.7 Å². The summed E-state index contributed by atoms with van der Waals surface area (Å²) in [6.07, 6.45) is 8.04. The Labute approximate surface area is 179 Å². The van der Waals surface area contributed by atoms with Crippen LogP contribution >= 0.6 is 0 Å². The molecule has 0 saturated carbocycles. The summed E-state index contributed by atoms with van der Waals surface area (Å²) in [5.74, 6) is -0.341. The van der Waals surface area contributed by atoms with E-state index in [1.807, 2.05) is 30.3 Å². The lowest BCUT2D eigenvalue weighted by Crippen LogP contribution is -2.17. The zero-order chi connectivity index (χ0) is 21.4. The number of para-hydroxylation sites is 1. The lowest BCUT2D eigenvalue weighted by molar-refractivity contribution is 0.0422. The van der Waals surface area contributed by atoms with Crippen LogP contribution in [0.1, 0.15) is 72.6 Å². The lowest BCUT2D eigenvalue weighted by atomic mass is 10.1. The number of hydrogen-bond donors (Lipinski definition) is 0. The number of carbonyl (C=O) groups excluding carboxylic acids is 2. The normalized spacial score (nSPS) is 10.4. The standard InChI is InChI=1S/C25H32O5/c1-2-3-4-5-6-7-13-18-29-24(26)22-16-11-12-17-23(22)25(27)30-20-19-28-21-14-9-8-10-15-21/h8-12,14-17H,2-7,13,18-20H2,1H3. The molecule has 0 N–H and O–H groups in total. The maximum Gasteiger partial charge on any atom is 0.339 e. The van der Waals surface area contributed by atoms with E-state index in [-0.39, 0.29) is 24.3 Å². The third-order valence-electron chi connectivity index (χ3n) is 4.68. The molecule has 0 heterocycles. The molecule has 2 rings (SSSR count). The summed E-state index contributed by atoms with van der Waals surface area (Å²) in [6.45, 7) is 2.89. The molecule has 2 aromatic rings. The third-order valence-corrected chi connectivity index (χ3v) is 4.68. The Balaban J connectivity index is 1.72. The summed E-state index contributed by atoms with van der Waals surface area (Å²) >= 11 is 0. The van der Waals surface area contributed by atoms with Crippen LogP contribution in [0.4, 0.5) is 0 Å². The fourth-order valence-electron chi connectivity index (χ4n) is 3.03. The summed E-state index contributed by atoms with van der Waals surface area (Å²) in [5, 5.41) is 0. The van der Waals surface area contributed by atoms with Crippen molar-refractivity contribution in [3.8, 4) is 5.75 Å². The second-order valence-corrected chi connectivity index (χ2v) is 7.10. The zero-order valence-corrected chi connectivity index (χ0v) is 17.8. The predicted octanol–water partition coefficient (Wildman–Crippen LogP) is 5.83. The van der Waals surface area contributed by atoms with Gasteiger partial charge in [-0.25, -0.2) is 9.59 Å². The zero-order valence-electron chi connectivity index (χ0n) is 17.8. The Morgan fingerprint density at radius 2 is 1.17 bits per heavy atom. The first-order valence-corrected chi connectivity index (χ1v) is 10.8. The first-order chi connectivity index (χ1) is 14.7. The molecule has 0 aliphatic heterocycles. The van der Waals surface area contributed by atoms with Crippen LogP contribution in [0, 0.1) is 0 Å². The molecule has 0 aliphatic carbocycles. The maximum absolute atomic E-state index is 12.4. The third kappa shape index (κ3) is 8.68. The van der Waals surface area contributed by atoms with Crippen molar-refractivity contribution in [3.63, 3.8) is 0 Å². The Kier molecular flexibility index (Phi) is 11.1. The Morgan fingerprint density at radius 3 is 1.80 bits per heavy atom. The molecule has 0 unspecified atom stereocenters. The van der Waals surface area contributed by atoms with Crippen molar-refractivity contribution < 1.29 is 23.8 Å². The van der Waals surface area contributed by atoms with Gasteiger partial charge in [0.1, 0.15) is 19.0 Å². The molecule has 0 amide bonds. The van der Waals surface area contributed by atoms with Crippen LogP contribution in [-0.4, -0.2) is 31.8 Å². The molecule has 0 fully saturated rings. The average molecular weight is 413 g/mol. The van der Waals surface area contributed by atoms with E-state index < -0.39 is 11.9 Å². The minimum atomic E-state index is -0.560. The highest BCUT2D eigenvalue weighted by molar-refractivity contribution is 6.03. The van der Waals surface area contributed by atoms with E-state index in [0.717, 1.165) is 19.3 Å². The van der Waals surface area contributed by atoms with Gasteiger partial charge in [-0.05, 0) is 30.7 Å². The summed E-state index contributed by atoms with van der Waals surface area (Å²) in [5.41, 5.74) is 0.441. The van der Waals surface area contributed by atoms with Crippen molar-refractivity contribution in [2.24, 2.45) is 0 Å². The highest BCUT2D eigenvalue weighted by Crippen LogP contribution is 2.14. The van der Waals surface area contributed by atoms with Gasteiger partial charge >= 0.3 is 11.9 Å². The summed E-state index contributed by atoms with van der Waals surface area (Å²) in [6, 6.07) is 15.9. The minimum Gasteiger partial charge on any atom is -0.490 e. The van der Waals surface area contributed by atoms with Crippen molar-refractivity contribution >= 4 is 11.9 Å². The van der Waals surface area contributed by atoms with Crippen molar-refractivity contribution in [2.45, 2.75) is 51.9 Å². The molecule has 0 spiro atoms. The molecule has 5 heteroatoms. The first-order valence-electron chi connectivity index (χ1n) is 10.8. The number of rotatable bonds is 14. The molecule has 0 aliphatic rings. The molecular formula is C25H32O5. The molecule has 0 bridgehead atoms. The summed E-state index contributed by atoms with van der Waals surface area (Å²) < 4.78 is 16.1. The van der Waals surface area contributed by atoms with Crippen LogP contribution in [0.2, 0.25) is 0 Å². The number of ether oxygens (including phenoxy) is 3. The molecule has 30 heavy (non-hydrogen) atoms. The Morgan fingerprint density at radius 1 is 0.633 bits per heavy atom. The van der Waals surface area contributed by atoms with Crippen LogP contribution < -0.4 is 4.74 Å². The first kappa shape index (κ1) is 23.5. The fourth-order valence-corrected chi connectivity index (χ4v) is 3.03. The Bertz CT molecular complexity index is 757. The van der Waals surface area contributed by atoms with Gasteiger partial charge in [0.05, 0.1) is 17.7 Å². The molecule has 0 atom stereocenters. The van der Waals surface area contributed by atoms with Crippen LogP contribution in [0.25, 0.3) is 0 Å². The van der Waals surface area contributed by atoms with E-state index in [1.54, 1.807) is 24.3 Å². The smallest absolute Gasteiger partial charge is 0.339 e. The monoisotopic (exact) mass is 412 g/mol. The predicted molar refractivity (Wildman–Crippen MR) is 117 cm³/mol. The number of esters is 2. The lowest BCUT2D eigenvalue weighted by Gasteiger charge is -2.10. The van der Waals surface area contributed by atoms with Crippen molar-refractivity contribution in [3.05, 3.63) is 65.7 Å². The van der Waals surface area contributed by atoms with Gasteiger partial charge < -0.3 is 14.2 Å². The highest BCUT2D eigenvalue weighted by Gasteiger charge is 2.18. The SMILES string of the molecule is CCCCCCCCCOC(=O)c1ccccc1C(=O)OCCOc1ccccc1. The van der Waals surface area contributed by atoms with Crippen molar-refractivity contribution in [1.82, 2.24) is 0 Å². The van der Waals surface area contributed by atoms with Crippen molar-refractivity contribution in [1.29, 1.82) is 0 Å². The Hall–Kier alpha value is -2.82. The number of unbranched alkanes of at least 4 members (excludes halogenated alkanes) is 6. The van der Waals surface area contributed by atoms with Gasteiger partial charge in [-0.3, -0.25) is 0 Å². The van der Waals surface area contributed by atoms with Gasteiger partial charge in [0.25, 0.3) is 0 Å². The molecule has 0 aromatic heterocycles. The molecule has 0 radical (unpaired) electrons. The van der Waals surface area contributed by atoms with Gasteiger partial charge in [-0.1, -0.05) is 75.8 Å². The van der Waals surface area contributed by atoms with Gasteiger partial charge in [-0.15, -0.1) is 0 Å². The van der Waals surface area contributed by atoms with E-state index in [4.69, 9.17) is 14.2 Å². The van der Waals surface area contributed by atoms with Crippen LogP contribution in [0.3, 0.4) is 0 Å². The maximum atomic E-state index is 12.4. The molecular weight excluding hydrogens is 380 g/mol. The second-order valence-electron chi connectivity index (χ2n) is 7.10. The summed E-state index contributed by atoms with van der Waals surface area (Å²) in [7, 11) is 0. The van der Waals surface area contributed by atoms with E-state index >= 15 is 0 Å². The molecule has 5 nitrogen and oxygen atoms in total. The van der Waals surface area contributed by atoms with Gasteiger partial charge in [0.15, 0.2) is 0 Å². The summed E-state index contributed by atoms with van der Waals surface area (Å²) in [4.78, 5) is 24.8. The van der Waals surface area contributed by atoms with E-state index in [2.05, 4.69) is 6.92 Å². The van der Waals surface area contributed by atoms with Crippen LogP contribution in [0.5, 0.6) is 5.75 Å². The highest BCUT2D eigenvalue weighted by atomic mass is 16.6. The fraction of sp³-hybridized carbons (Fsp3) is 0.440. The largest absolute Gasteiger partial charge is 0.490 e. The number of hydrogen-bond acceptors (Lipinski definition) is 5. The van der Waals surface area contributed by atoms with E-state index in [9.17, 15) is 9.59 Å². The quantitative estimate of drug-likeness (QED) is 0.289. The molecule has 2 aromatic carbocycles. The van der Waals surface area contributed by atoms with Gasteiger partial charge in [-0.2, -0.15) is 0 Å². The molecule has 0 saturated heterocycles. The minimum absolute atomic E-state index is 0.0924. The number of carbonyl (C=O) groups is 2. The second kappa shape index (κ2) is 14.2. The van der Waals surface area contributed by atoms with Crippen LogP contribution in [-0.2, 0) is 9.47 Å². The van der Waals surface area contributed by atoms with Crippen LogP contribution in [0.15, 0.2) is 54.6 Å². The van der Waals surface area contributed by atoms with Gasteiger partial charge in [0.2, 0.25) is 0 Å². The van der Waals surface area contributed by atoms with Crippen molar-refractivity contribution in [2.75, 3.05) is 19.8 Å². The van der Waals surface area contributed by atoms with E-state index in [0.29, 0.717) is 12.4 Å². The average Bonchev–Trinajstić information content (AvgIpc) is 2.79. The number of benzene rings is 2.